The fourth-order valence-electron chi connectivity index (χ4n) is 2.34. The lowest BCUT2D eigenvalue weighted by molar-refractivity contribution is 0.0955. The molecule has 1 aromatic heterocycles. The van der Waals surface area contributed by atoms with Crippen LogP contribution in [-0.2, 0) is 6.42 Å². The number of fused-ring (bicyclic) bond motifs is 1. The predicted molar refractivity (Wildman–Crippen MR) is 92.1 cm³/mol. The smallest absolute Gasteiger partial charge is 0.271 e. The van der Waals surface area contributed by atoms with Gasteiger partial charge in [-0.3, -0.25) is 4.79 Å². The third kappa shape index (κ3) is 3.27. The number of nitrogens with zero attached hydrogens (tertiary/aromatic N) is 1. The van der Waals surface area contributed by atoms with E-state index in [2.05, 4.69) is 10.5 Å². The first kappa shape index (κ1) is 15.3. The molecule has 116 valence electrons. The quantitative estimate of drug-likeness (QED) is 0.570. The lowest BCUT2D eigenvalue weighted by Crippen LogP contribution is -2.17. The molecule has 3 aromatic rings. The first-order chi connectivity index (χ1) is 11.2. The highest BCUT2D eigenvalue weighted by molar-refractivity contribution is 6.30. The number of hydrazone groups is 1. The molecule has 0 fully saturated rings. The van der Waals surface area contributed by atoms with E-state index in [1.54, 1.807) is 30.5 Å². The third-order valence-electron chi connectivity index (χ3n) is 3.50. The van der Waals surface area contributed by atoms with E-state index in [4.69, 9.17) is 16.0 Å². The van der Waals surface area contributed by atoms with Crippen molar-refractivity contribution in [3.8, 4) is 0 Å². The summed E-state index contributed by atoms with van der Waals surface area (Å²) >= 11 is 5.81. The Balaban J connectivity index is 1.80. The van der Waals surface area contributed by atoms with Gasteiger partial charge in [0.2, 0.25) is 0 Å². The molecule has 0 spiro atoms. The van der Waals surface area contributed by atoms with E-state index in [1.165, 1.54) is 0 Å². The summed E-state index contributed by atoms with van der Waals surface area (Å²) in [6, 6.07) is 14.4. The normalized spacial score (nSPS) is 11.2. The third-order valence-corrected chi connectivity index (χ3v) is 3.75. The van der Waals surface area contributed by atoms with Crippen molar-refractivity contribution in [3.05, 3.63) is 70.4 Å². The zero-order chi connectivity index (χ0) is 16.2. The molecule has 0 saturated heterocycles. The summed E-state index contributed by atoms with van der Waals surface area (Å²) in [7, 11) is 0. The fourth-order valence-corrected chi connectivity index (χ4v) is 2.47. The number of hydrogen-bond acceptors (Lipinski definition) is 3. The van der Waals surface area contributed by atoms with Gasteiger partial charge in [-0.15, -0.1) is 0 Å². The van der Waals surface area contributed by atoms with Crippen LogP contribution in [0.4, 0.5) is 0 Å². The van der Waals surface area contributed by atoms with Crippen molar-refractivity contribution in [1.29, 1.82) is 0 Å². The van der Waals surface area contributed by atoms with Gasteiger partial charge in [0.05, 0.1) is 6.21 Å². The molecule has 0 saturated carbocycles. The number of para-hydroxylation sites is 1. The molecular weight excluding hydrogens is 312 g/mol. The number of hydrogen-bond donors (Lipinski definition) is 1. The second kappa shape index (κ2) is 6.67. The van der Waals surface area contributed by atoms with E-state index in [-0.39, 0.29) is 5.91 Å². The number of rotatable bonds is 4. The Bertz CT molecular complexity index is 866. The largest absolute Gasteiger partial charge is 0.460 e. The van der Waals surface area contributed by atoms with Crippen LogP contribution < -0.4 is 5.43 Å². The van der Waals surface area contributed by atoms with Crippen LogP contribution >= 0.6 is 11.6 Å². The van der Waals surface area contributed by atoms with Gasteiger partial charge in [0, 0.05) is 28.0 Å². The number of amides is 1. The maximum Gasteiger partial charge on any atom is 0.271 e. The molecule has 3 rings (SSSR count). The summed E-state index contributed by atoms with van der Waals surface area (Å²) in [6.07, 6.45) is 2.37. The highest BCUT2D eigenvalue weighted by Gasteiger charge is 2.10. The van der Waals surface area contributed by atoms with E-state index in [0.717, 1.165) is 28.7 Å². The van der Waals surface area contributed by atoms with E-state index >= 15 is 0 Å². The molecule has 2 aromatic carbocycles. The summed E-state index contributed by atoms with van der Waals surface area (Å²) in [4.78, 5) is 12.0. The van der Waals surface area contributed by atoms with Gasteiger partial charge in [0.1, 0.15) is 11.3 Å². The molecule has 0 aliphatic heterocycles. The fraction of sp³-hybridized carbons (Fsp3) is 0.111. The van der Waals surface area contributed by atoms with Crippen LogP contribution in [-0.4, -0.2) is 12.1 Å². The average Bonchev–Trinajstić information content (AvgIpc) is 2.93. The van der Waals surface area contributed by atoms with Crippen LogP contribution in [0.15, 0.2) is 58.0 Å². The number of furan rings is 1. The molecule has 1 heterocycles. The van der Waals surface area contributed by atoms with Crippen molar-refractivity contribution in [2.24, 2.45) is 5.10 Å². The Morgan fingerprint density at radius 3 is 2.70 bits per heavy atom. The van der Waals surface area contributed by atoms with Crippen molar-refractivity contribution in [2.45, 2.75) is 13.3 Å². The molecule has 0 aliphatic rings. The van der Waals surface area contributed by atoms with E-state index in [1.807, 2.05) is 31.2 Å². The molecule has 1 amide bonds. The summed E-state index contributed by atoms with van der Waals surface area (Å²) in [5.74, 6) is 0.555. The van der Waals surface area contributed by atoms with Crippen molar-refractivity contribution < 1.29 is 9.21 Å². The molecule has 23 heavy (non-hydrogen) atoms. The Labute approximate surface area is 138 Å². The maximum absolute atomic E-state index is 12.0. The van der Waals surface area contributed by atoms with E-state index < -0.39 is 0 Å². The number of carbonyl (C=O) groups excluding carboxylic acids is 1. The van der Waals surface area contributed by atoms with Gasteiger partial charge in [-0.25, -0.2) is 5.43 Å². The lowest BCUT2D eigenvalue weighted by Gasteiger charge is -2.00. The van der Waals surface area contributed by atoms with Crippen molar-refractivity contribution in [2.75, 3.05) is 0 Å². The first-order valence-corrected chi connectivity index (χ1v) is 7.66. The van der Waals surface area contributed by atoms with Gasteiger partial charge in [0.15, 0.2) is 0 Å². The molecule has 0 bridgehead atoms. The SMILES string of the molecule is CCc1oc2ccccc2c1/C=N\NC(=O)c1ccc(Cl)cc1. The highest BCUT2D eigenvalue weighted by atomic mass is 35.5. The molecule has 1 N–H and O–H groups in total. The van der Waals surface area contributed by atoms with Crippen LogP contribution in [0.3, 0.4) is 0 Å². The second-order valence-electron chi connectivity index (χ2n) is 4.99. The van der Waals surface area contributed by atoms with Crippen LogP contribution in [0.25, 0.3) is 11.0 Å². The van der Waals surface area contributed by atoms with Crippen molar-refractivity contribution in [3.63, 3.8) is 0 Å². The molecule has 0 radical (unpaired) electrons. The number of benzene rings is 2. The minimum absolute atomic E-state index is 0.288. The molecule has 0 unspecified atom stereocenters. The number of halogens is 1. The molecular formula is C18H15ClN2O2. The minimum Gasteiger partial charge on any atom is -0.460 e. The summed E-state index contributed by atoms with van der Waals surface area (Å²) in [5, 5.41) is 5.62. The summed E-state index contributed by atoms with van der Waals surface area (Å²) < 4.78 is 5.79. The first-order valence-electron chi connectivity index (χ1n) is 7.28. The molecule has 0 atom stereocenters. The minimum atomic E-state index is -0.288. The van der Waals surface area contributed by atoms with Crippen molar-refractivity contribution in [1.82, 2.24) is 5.43 Å². The van der Waals surface area contributed by atoms with E-state index in [9.17, 15) is 4.79 Å². The lowest BCUT2D eigenvalue weighted by atomic mass is 10.1. The number of carbonyl (C=O) groups is 1. The standard InChI is InChI=1S/C18H15ClN2O2/c1-2-16-15(14-5-3-4-6-17(14)23-16)11-20-21-18(22)12-7-9-13(19)10-8-12/h3-11H,2H2,1H3,(H,21,22)/b20-11-. The van der Waals surface area contributed by atoms with Crippen LogP contribution in [0.1, 0.15) is 28.6 Å². The predicted octanol–water partition coefficient (Wildman–Crippen LogP) is 4.41. The maximum atomic E-state index is 12.0. The Hall–Kier alpha value is -2.59. The Morgan fingerprint density at radius 2 is 1.96 bits per heavy atom. The van der Waals surface area contributed by atoms with Crippen LogP contribution in [0.2, 0.25) is 5.02 Å². The average molecular weight is 327 g/mol. The Morgan fingerprint density at radius 1 is 1.22 bits per heavy atom. The zero-order valence-electron chi connectivity index (χ0n) is 12.5. The van der Waals surface area contributed by atoms with Gasteiger partial charge in [-0.1, -0.05) is 36.7 Å². The van der Waals surface area contributed by atoms with Crippen LogP contribution in [0.5, 0.6) is 0 Å². The van der Waals surface area contributed by atoms with Gasteiger partial charge in [-0.05, 0) is 30.3 Å². The summed E-state index contributed by atoms with van der Waals surface area (Å²) in [6.45, 7) is 2.02. The van der Waals surface area contributed by atoms with Gasteiger partial charge in [0.25, 0.3) is 5.91 Å². The topological polar surface area (TPSA) is 54.6 Å². The molecule has 0 aliphatic carbocycles. The van der Waals surface area contributed by atoms with Crippen LogP contribution in [0, 0.1) is 0 Å². The zero-order valence-corrected chi connectivity index (χ0v) is 13.3. The van der Waals surface area contributed by atoms with Gasteiger partial charge < -0.3 is 4.42 Å². The Kier molecular flexibility index (Phi) is 4.44. The van der Waals surface area contributed by atoms with Gasteiger partial charge in [-0.2, -0.15) is 5.10 Å². The highest BCUT2D eigenvalue weighted by Crippen LogP contribution is 2.24. The number of nitrogens with one attached hydrogen (secondary N) is 1. The second-order valence-corrected chi connectivity index (χ2v) is 5.43. The number of aryl methyl sites for hydroxylation is 1. The van der Waals surface area contributed by atoms with Crippen molar-refractivity contribution >= 4 is 34.7 Å². The molecule has 5 heteroatoms. The molecule has 4 nitrogen and oxygen atoms in total. The van der Waals surface area contributed by atoms with Gasteiger partial charge >= 0.3 is 0 Å². The van der Waals surface area contributed by atoms with E-state index in [0.29, 0.717) is 10.6 Å². The summed E-state index contributed by atoms with van der Waals surface area (Å²) in [5.41, 5.74) is 4.72. The monoisotopic (exact) mass is 326 g/mol.